The smallest absolute Gasteiger partial charge is 0.353 e. The largest absolute Gasteiger partial charge is 0.422 e. The molecule has 2 N–H and O–H groups in total. The summed E-state index contributed by atoms with van der Waals surface area (Å²) in [5, 5.41) is 7.61. The van der Waals surface area contributed by atoms with E-state index in [4.69, 9.17) is 4.74 Å². The number of anilines is 1. The average molecular weight is 490 g/mol. The molecule has 1 aromatic heterocycles. The Bertz CT molecular complexity index is 1100. The molecule has 0 bridgehead atoms. The van der Waals surface area contributed by atoms with Crippen LogP contribution in [0.15, 0.2) is 69.6 Å². The van der Waals surface area contributed by atoms with Crippen molar-refractivity contribution in [3.8, 4) is 5.75 Å². The second-order valence-corrected chi connectivity index (χ2v) is 7.58. The molecule has 10 heteroatoms. The van der Waals surface area contributed by atoms with Crippen molar-refractivity contribution in [2.75, 3.05) is 5.32 Å². The van der Waals surface area contributed by atoms with Gasteiger partial charge in [-0.1, -0.05) is 22.0 Å². The number of carbonyl (C=O) groups is 3. The van der Waals surface area contributed by atoms with Gasteiger partial charge in [0.05, 0.1) is 11.9 Å². The van der Waals surface area contributed by atoms with E-state index < -0.39 is 23.6 Å². The molecule has 3 aromatic rings. The van der Waals surface area contributed by atoms with Crippen LogP contribution < -0.4 is 15.5 Å². The van der Waals surface area contributed by atoms with E-state index >= 15 is 0 Å². The number of hydrazone groups is 1. The van der Waals surface area contributed by atoms with Crippen LogP contribution in [0.1, 0.15) is 15.2 Å². The molecule has 152 valence electrons. The highest BCUT2D eigenvalue weighted by Gasteiger charge is 2.15. The van der Waals surface area contributed by atoms with Gasteiger partial charge in [0.15, 0.2) is 0 Å². The number of ether oxygens (including phenoxy) is 1. The van der Waals surface area contributed by atoms with Crippen molar-refractivity contribution in [2.24, 2.45) is 5.10 Å². The van der Waals surface area contributed by atoms with E-state index in [1.807, 2.05) is 0 Å². The molecule has 0 saturated heterocycles. The number of nitrogens with one attached hydrogen (secondary N) is 2. The first-order chi connectivity index (χ1) is 14.4. The molecule has 0 atom stereocenters. The van der Waals surface area contributed by atoms with Crippen LogP contribution >= 0.6 is 27.3 Å². The fourth-order valence-electron chi connectivity index (χ4n) is 2.16. The summed E-state index contributed by atoms with van der Waals surface area (Å²) in [6.45, 7) is 0. The molecule has 0 aliphatic rings. The van der Waals surface area contributed by atoms with Gasteiger partial charge in [-0.05, 0) is 59.5 Å². The Morgan fingerprint density at radius 2 is 1.83 bits per heavy atom. The third kappa shape index (κ3) is 5.82. The number of nitrogens with zero attached hydrogens (tertiary/aromatic N) is 1. The molecule has 0 spiro atoms. The normalized spacial score (nSPS) is 10.6. The quantitative estimate of drug-likeness (QED) is 0.186. The minimum absolute atomic E-state index is 0.130. The van der Waals surface area contributed by atoms with Crippen molar-refractivity contribution in [1.82, 2.24) is 5.43 Å². The summed E-state index contributed by atoms with van der Waals surface area (Å²) in [5.41, 5.74) is 2.51. The Balaban J connectivity index is 1.51. The summed E-state index contributed by atoms with van der Waals surface area (Å²) >= 11 is 4.38. The topological polar surface area (TPSA) is 96.9 Å². The monoisotopic (exact) mass is 489 g/mol. The second kappa shape index (κ2) is 9.90. The zero-order chi connectivity index (χ0) is 21.5. The van der Waals surface area contributed by atoms with Gasteiger partial charge < -0.3 is 10.1 Å². The molecule has 0 fully saturated rings. The molecule has 2 amide bonds. The number of hydrogen-bond donors (Lipinski definition) is 2. The van der Waals surface area contributed by atoms with Gasteiger partial charge >= 0.3 is 17.8 Å². The van der Waals surface area contributed by atoms with Crippen LogP contribution in [0.25, 0.3) is 0 Å². The number of benzene rings is 2. The van der Waals surface area contributed by atoms with Gasteiger partial charge in [0.1, 0.15) is 16.4 Å². The predicted octanol–water partition coefficient (Wildman–Crippen LogP) is 3.96. The number of hydrogen-bond acceptors (Lipinski definition) is 6. The standard InChI is InChI=1S/C20H13BrFN3O4S/c21-13-5-8-16(15(22)10-13)24-18(26)19(27)25-23-11-12-3-6-14(7-4-12)29-20(28)17-2-1-9-30-17/h1-11H,(H,24,26)(H,25,27)/b23-11+. The van der Waals surface area contributed by atoms with E-state index in [1.54, 1.807) is 41.8 Å². The third-order valence-corrected chi connectivity index (χ3v) is 4.92. The predicted molar refractivity (Wildman–Crippen MR) is 114 cm³/mol. The highest BCUT2D eigenvalue weighted by molar-refractivity contribution is 9.10. The Kier molecular flexibility index (Phi) is 7.04. The Morgan fingerprint density at radius 1 is 1.07 bits per heavy atom. The van der Waals surface area contributed by atoms with Gasteiger partial charge in [-0.15, -0.1) is 11.3 Å². The van der Waals surface area contributed by atoms with Gasteiger partial charge in [0.25, 0.3) is 0 Å². The van der Waals surface area contributed by atoms with Crippen LogP contribution in [0.3, 0.4) is 0 Å². The summed E-state index contributed by atoms with van der Waals surface area (Å²) in [5.74, 6) is -2.91. The van der Waals surface area contributed by atoms with E-state index in [-0.39, 0.29) is 5.69 Å². The summed E-state index contributed by atoms with van der Waals surface area (Å²) in [7, 11) is 0. The van der Waals surface area contributed by atoms with Gasteiger partial charge in [-0.25, -0.2) is 14.6 Å². The molecular formula is C20H13BrFN3O4S. The van der Waals surface area contributed by atoms with Crippen LogP contribution in [0.5, 0.6) is 5.75 Å². The maximum atomic E-state index is 13.7. The minimum atomic E-state index is -1.07. The number of rotatable bonds is 5. The molecule has 1 heterocycles. The van der Waals surface area contributed by atoms with Gasteiger partial charge in [-0.2, -0.15) is 5.10 Å². The molecule has 3 rings (SSSR count). The Hall–Kier alpha value is -3.37. The van der Waals surface area contributed by atoms with Crippen molar-refractivity contribution < 1.29 is 23.5 Å². The fourth-order valence-corrected chi connectivity index (χ4v) is 3.09. The first-order valence-electron chi connectivity index (χ1n) is 8.37. The molecule has 0 saturated carbocycles. The number of thiophene rings is 1. The van der Waals surface area contributed by atoms with Gasteiger partial charge in [0, 0.05) is 4.47 Å². The zero-order valence-electron chi connectivity index (χ0n) is 15.1. The molecule has 0 aliphatic heterocycles. The second-order valence-electron chi connectivity index (χ2n) is 5.71. The first-order valence-corrected chi connectivity index (χ1v) is 10.0. The summed E-state index contributed by atoms with van der Waals surface area (Å²) < 4.78 is 19.4. The van der Waals surface area contributed by atoms with Gasteiger partial charge in [-0.3, -0.25) is 9.59 Å². The molecule has 7 nitrogen and oxygen atoms in total. The lowest BCUT2D eigenvalue weighted by molar-refractivity contribution is -0.136. The van der Waals surface area contributed by atoms with E-state index in [0.29, 0.717) is 20.7 Å². The van der Waals surface area contributed by atoms with E-state index in [1.165, 1.54) is 29.7 Å². The van der Waals surface area contributed by atoms with Crippen molar-refractivity contribution in [2.45, 2.75) is 0 Å². The minimum Gasteiger partial charge on any atom is -0.422 e. The number of halogens is 2. The highest BCUT2D eigenvalue weighted by atomic mass is 79.9. The molecule has 30 heavy (non-hydrogen) atoms. The van der Waals surface area contributed by atoms with E-state index in [9.17, 15) is 18.8 Å². The Morgan fingerprint density at radius 3 is 2.50 bits per heavy atom. The number of amides is 2. The Labute approximate surface area is 182 Å². The number of carbonyl (C=O) groups excluding carboxylic acids is 3. The van der Waals surface area contributed by atoms with Crippen molar-refractivity contribution in [3.05, 3.63) is 80.7 Å². The SMILES string of the molecule is O=C(N/N=C/c1ccc(OC(=O)c2cccs2)cc1)C(=O)Nc1ccc(Br)cc1F. The fraction of sp³-hybridized carbons (Fsp3) is 0. The maximum Gasteiger partial charge on any atom is 0.353 e. The first kappa shape index (κ1) is 21.3. The zero-order valence-corrected chi connectivity index (χ0v) is 17.5. The van der Waals surface area contributed by atoms with E-state index in [2.05, 4.69) is 31.8 Å². The highest BCUT2D eigenvalue weighted by Crippen LogP contribution is 2.19. The van der Waals surface area contributed by atoms with E-state index in [0.717, 1.165) is 6.07 Å². The van der Waals surface area contributed by atoms with Crippen LogP contribution in [0.2, 0.25) is 0 Å². The van der Waals surface area contributed by atoms with Crippen LogP contribution in [-0.2, 0) is 9.59 Å². The van der Waals surface area contributed by atoms with Crippen LogP contribution in [0.4, 0.5) is 10.1 Å². The third-order valence-electron chi connectivity index (χ3n) is 3.58. The summed E-state index contributed by atoms with van der Waals surface area (Å²) in [6.07, 6.45) is 1.30. The average Bonchev–Trinajstić information content (AvgIpc) is 3.26. The molecule has 2 aromatic carbocycles. The van der Waals surface area contributed by atoms with Crippen molar-refractivity contribution in [1.29, 1.82) is 0 Å². The lowest BCUT2D eigenvalue weighted by atomic mass is 10.2. The summed E-state index contributed by atoms with van der Waals surface area (Å²) in [6, 6.07) is 13.8. The summed E-state index contributed by atoms with van der Waals surface area (Å²) in [4.78, 5) is 36.0. The van der Waals surface area contributed by atoms with Crippen LogP contribution in [0, 0.1) is 5.82 Å². The molecule has 0 unspecified atom stereocenters. The molecular weight excluding hydrogens is 477 g/mol. The molecule has 0 aliphatic carbocycles. The number of esters is 1. The lowest BCUT2D eigenvalue weighted by Gasteiger charge is -2.05. The maximum absolute atomic E-state index is 13.7. The van der Waals surface area contributed by atoms with Crippen LogP contribution in [-0.4, -0.2) is 24.0 Å². The lowest BCUT2D eigenvalue weighted by Crippen LogP contribution is -2.32. The molecule has 0 radical (unpaired) electrons. The van der Waals surface area contributed by atoms with Gasteiger partial charge in [0.2, 0.25) is 0 Å². The van der Waals surface area contributed by atoms with Crippen molar-refractivity contribution >= 4 is 57.0 Å². The van der Waals surface area contributed by atoms with Crippen molar-refractivity contribution in [3.63, 3.8) is 0 Å².